The molecule has 0 fully saturated rings. The lowest BCUT2D eigenvalue weighted by atomic mass is 10.2. The van der Waals surface area contributed by atoms with E-state index in [4.69, 9.17) is 4.74 Å². The van der Waals surface area contributed by atoms with Gasteiger partial charge in [-0.2, -0.15) is 0 Å². The summed E-state index contributed by atoms with van der Waals surface area (Å²) < 4.78 is 10.1. The van der Waals surface area contributed by atoms with E-state index in [2.05, 4.69) is 23.9 Å². The lowest BCUT2D eigenvalue weighted by molar-refractivity contribution is -0.136. The van der Waals surface area contributed by atoms with E-state index >= 15 is 0 Å². The number of hydrogen-bond acceptors (Lipinski definition) is 4. The van der Waals surface area contributed by atoms with Crippen LogP contribution >= 0.6 is 0 Å². The van der Waals surface area contributed by atoms with E-state index in [0.717, 1.165) is 13.2 Å². The molecule has 0 spiro atoms. The monoisotopic (exact) mass is 243 g/mol. The van der Waals surface area contributed by atoms with Crippen molar-refractivity contribution in [2.45, 2.75) is 27.2 Å². The van der Waals surface area contributed by atoms with Crippen LogP contribution < -0.4 is 5.32 Å². The van der Waals surface area contributed by atoms with Gasteiger partial charge in [-0.05, 0) is 12.3 Å². The van der Waals surface area contributed by atoms with Gasteiger partial charge < -0.3 is 14.8 Å². The second-order valence-corrected chi connectivity index (χ2v) is 4.25. The minimum Gasteiger partial charge on any atom is -0.466 e. The number of carbonyl (C=O) groups excluding carboxylic acids is 1. The predicted octanol–water partition coefficient (Wildman–Crippen LogP) is 1.76. The van der Waals surface area contributed by atoms with Crippen LogP contribution in [0.5, 0.6) is 0 Å². The van der Waals surface area contributed by atoms with Crippen molar-refractivity contribution in [2.24, 2.45) is 5.92 Å². The van der Waals surface area contributed by atoms with Gasteiger partial charge >= 0.3 is 5.97 Å². The molecule has 0 aromatic heterocycles. The number of rotatable bonds is 9. The van der Waals surface area contributed by atoms with Gasteiger partial charge in [-0.1, -0.05) is 26.8 Å². The zero-order valence-corrected chi connectivity index (χ0v) is 11.4. The Morgan fingerprint density at radius 3 is 2.65 bits per heavy atom. The van der Waals surface area contributed by atoms with Crippen LogP contribution in [0.4, 0.5) is 0 Å². The molecule has 100 valence electrons. The molecule has 0 aromatic rings. The van der Waals surface area contributed by atoms with Crippen molar-refractivity contribution in [3.05, 3.63) is 11.6 Å². The van der Waals surface area contributed by atoms with Crippen molar-refractivity contribution in [2.75, 3.05) is 33.4 Å². The van der Waals surface area contributed by atoms with Crippen LogP contribution in [0.1, 0.15) is 27.2 Å². The smallest absolute Gasteiger partial charge is 0.333 e. The molecule has 0 radical (unpaired) electrons. The van der Waals surface area contributed by atoms with Gasteiger partial charge in [0.25, 0.3) is 0 Å². The second-order valence-electron chi connectivity index (χ2n) is 4.25. The van der Waals surface area contributed by atoms with Gasteiger partial charge in [0.15, 0.2) is 0 Å². The second kappa shape index (κ2) is 10.3. The molecule has 0 saturated carbocycles. The van der Waals surface area contributed by atoms with Crippen LogP contribution in [-0.2, 0) is 14.3 Å². The molecule has 0 aliphatic rings. The van der Waals surface area contributed by atoms with Crippen LogP contribution in [-0.4, -0.2) is 39.4 Å². The maximum atomic E-state index is 11.2. The first-order valence-corrected chi connectivity index (χ1v) is 6.17. The molecule has 0 amide bonds. The SMILES string of the molecule is CCC(=CCNCCOCC(C)C)C(=O)OC. The average Bonchev–Trinajstić information content (AvgIpc) is 2.31. The molecule has 0 aromatic carbocycles. The Morgan fingerprint density at radius 2 is 2.12 bits per heavy atom. The molecule has 0 unspecified atom stereocenters. The molecule has 4 heteroatoms. The summed E-state index contributed by atoms with van der Waals surface area (Å²) in [5, 5.41) is 3.19. The van der Waals surface area contributed by atoms with Crippen LogP contribution in [0.3, 0.4) is 0 Å². The molecule has 0 aliphatic heterocycles. The lowest BCUT2D eigenvalue weighted by Crippen LogP contribution is -2.21. The largest absolute Gasteiger partial charge is 0.466 e. The third kappa shape index (κ3) is 8.89. The molecule has 0 bridgehead atoms. The third-order valence-electron chi connectivity index (χ3n) is 2.20. The number of esters is 1. The Morgan fingerprint density at radius 1 is 1.41 bits per heavy atom. The van der Waals surface area contributed by atoms with E-state index in [-0.39, 0.29) is 5.97 Å². The fourth-order valence-electron chi connectivity index (χ4n) is 1.26. The van der Waals surface area contributed by atoms with Gasteiger partial charge in [0.05, 0.1) is 13.7 Å². The van der Waals surface area contributed by atoms with Gasteiger partial charge in [0.1, 0.15) is 0 Å². The summed E-state index contributed by atoms with van der Waals surface area (Å²) in [7, 11) is 1.40. The van der Waals surface area contributed by atoms with E-state index in [0.29, 0.717) is 31.1 Å². The Balaban J connectivity index is 3.60. The van der Waals surface area contributed by atoms with Gasteiger partial charge in [-0.3, -0.25) is 0 Å². The molecule has 4 nitrogen and oxygen atoms in total. The number of ether oxygens (including phenoxy) is 2. The molecule has 17 heavy (non-hydrogen) atoms. The minimum absolute atomic E-state index is 0.245. The zero-order valence-electron chi connectivity index (χ0n) is 11.4. The summed E-state index contributed by atoms with van der Waals surface area (Å²) in [6.45, 7) is 9.14. The highest BCUT2D eigenvalue weighted by molar-refractivity contribution is 5.88. The molecule has 0 atom stereocenters. The summed E-state index contributed by atoms with van der Waals surface area (Å²) in [5.41, 5.74) is 0.711. The van der Waals surface area contributed by atoms with Crippen LogP contribution in [0, 0.1) is 5.92 Å². The van der Waals surface area contributed by atoms with Gasteiger partial charge in [0.2, 0.25) is 0 Å². The number of carbonyl (C=O) groups is 1. The quantitative estimate of drug-likeness (QED) is 0.381. The van der Waals surface area contributed by atoms with Gasteiger partial charge in [-0.15, -0.1) is 0 Å². The van der Waals surface area contributed by atoms with Crippen LogP contribution in [0.15, 0.2) is 11.6 Å². The maximum Gasteiger partial charge on any atom is 0.333 e. The predicted molar refractivity (Wildman–Crippen MR) is 68.9 cm³/mol. The van der Waals surface area contributed by atoms with E-state index in [1.54, 1.807) is 0 Å². The molecular formula is C13H25NO3. The topological polar surface area (TPSA) is 47.6 Å². The highest BCUT2D eigenvalue weighted by Gasteiger charge is 2.05. The lowest BCUT2D eigenvalue weighted by Gasteiger charge is -2.07. The van der Waals surface area contributed by atoms with Crippen LogP contribution in [0.2, 0.25) is 0 Å². The number of methoxy groups -OCH3 is 1. The summed E-state index contributed by atoms with van der Waals surface area (Å²) in [6.07, 6.45) is 2.56. The molecule has 0 rings (SSSR count). The Kier molecular flexibility index (Phi) is 9.77. The van der Waals surface area contributed by atoms with E-state index in [1.165, 1.54) is 7.11 Å². The first kappa shape index (κ1) is 16.1. The fourth-order valence-corrected chi connectivity index (χ4v) is 1.26. The summed E-state index contributed by atoms with van der Waals surface area (Å²) in [4.78, 5) is 11.2. The highest BCUT2D eigenvalue weighted by atomic mass is 16.5. The van der Waals surface area contributed by atoms with Crippen molar-refractivity contribution in [3.8, 4) is 0 Å². The Hall–Kier alpha value is -0.870. The van der Waals surface area contributed by atoms with E-state index < -0.39 is 0 Å². The van der Waals surface area contributed by atoms with Crippen molar-refractivity contribution >= 4 is 5.97 Å². The van der Waals surface area contributed by atoms with Gasteiger partial charge in [-0.25, -0.2) is 4.79 Å². The van der Waals surface area contributed by atoms with Gasteiger partial charge in [0, 0.05) is 25.3 Å². The highest BCUT2D eigenvalue weighted by Crippen LogP contribution is 2.01. The maximum absolute atomic E-state index is 11.2. The summed E-state index contributed by atoms with van der Waals surface area (Å²) >= 11 is 0. The first-order chi connectivity index (χ1) is 8.11. The van der Waals surface area contributed by atoms with Crippen molar-refractivity contribution in [1.82, 2.24) is 5.32 Å². The molecule has 1 N–H and O–H groups in total. The fraction of sp³-hybridized carbons (Fsp3) is 0.769. The first-order valence-electron chi connectivity index (χ1n) is 6.17. The Labute approximate surface area is 104 Å². The molecule has 0 saturated heterocycles. The Bertz CT molecular complexity index is 237. The summed E-state index contributed by atoms with van der Waals surface area (Å²) in [6, 6.07) is 0. The van der Waals surface area contributed by atoms with Crippen molar-refractivity contribution in [1.29, 1.82) is 0 Å². The van der Waals surface area contributed by atoms with E-state index in [9.17, 15) is 4.79 Å². The van der Waals surface area contributed by atoms with Crippen molar-refractivity contribution in [3.63, 3.8) is 0 Å². The summed E-state index contributed by atoms with van der Waals surface area (Å²) in [5.74, 6) is 0.325. The van der Waals surface area contributed by atoms with Crippen molar-refractivity contribution < 1.29 is 14.3 Å². The number of hydrogen-bond donors (Lipinski definition) is 1. The molecule has 0 aliphatic carbocycles. The number of nitrogens with one attached hydrogen (secondary N) is 1. The van der Waals surface area contributed by atoms with E-state index in [1.807, 2.05) is 13.0 Å². The average molecular weight is 243 g/mol. The third-order valence-corrected chi connectivity index (χ3v) is 2.20. The molecular weight excluding hydrogens is 218 g/mol. The standard InChI is InChI=1S/C13H25NO3/c1-5-12(13(15)16-4)6-7-14-8-9-17-10-11(2)3/h6,11,14H,5,7-10H2,1-4H3. The normalized spacial score (nSPS) is 11.9. The molecule has 0 heterocycles. The zero-order chi connectivity index (χ0) is 13.1. The minimum atomic E-state index is -0.245. The van der Waals surface area contributed by atoms with Crippen LogP contribution in [0.25, 0.3) is 0 Å².